The van der Waals surface area contributed by atoms with Crippen molar-refractivity contribution in [3.63, 3.8) is 0 Å². The molecule has 0 fully saturated rings. The summed E-state index contributed by atoms with van der Waals surface area (Å²) in [5.41, 5.74) is 5.43. The molecule has 5 heteroatoms. The molecule has 0 radical (unpaired) electrons. The molecule has 0 spiro atoms. The van der Waals surface area contributed by atoms with E-state index >= 15 is 0 Å². The summed E-state index contributed by atoms with van der Waals surface area (Å²) in [7, 11) is 1.59. The van der Waals surface area contributed by atoms with Crippen LogP contribution in [0.2, 0.25) is 0 Å². The number of pyridine rings is 1. The molecule has 0 aliphatic carbocycles. The normalized spacial score (nSPS) is 10.9. The van der Waals surface area contributed by atoms with Gasteiger partial charge in [-0.25, -0.2) is 0 Å². The van der Waals surface area contributed by atoms with E-state index < -0.39 is 0 Å². The predicted molar refractivity (Wildman–Crippen MR) is 138 cm³/mol. The van der Waals surface area contributed by atoms with E-state index in [1.54, 1.807) is 11.7 Å². The number of fused-ring (bicyclic) bond motifs is 1. The van der Waals surface area contributed by atoms with Crippen molar-refractivity contribution in [2.75, 3.05) is 12.4 Å². The maximum absolute atomic E-state index is 13.5. The van der Waals surface area contributed by atoms with E-state index in [9.17, 15) is 9.59 Å². The van der Waals surface area contributed by atoms with Crippen molar-refractivity contribution in [3.05, 3.63) is 105 Å². The second-order valence-electron chi connectivity index (χ2n) is 8.52. The maximum atomic E-state index is 13.5. The van der Waals surface area contributed by atoms with Crippen molar-refractivity contribution >= 4 is 22.5 Å². The number of rotatable bonds is 8. The topological polar surface area (TPSA) is 60.3 Å². The highest BCUT2D eigenvalue weighted by Gasteiger charge is 2.14. The summed E-state index contributed by atoms with van der Waals surface area (Å²) in [6.07, 6.45) is 2.37. The molecular weight excluding hydrogens is 424 g/mol. The first kappa shape index (κ1) is 23.3. The van der Waals surface area contributed by atoms with Crippen LogP contribution in [0.3, 0.4) is 0 Å². The quantitative estimate of drug-likeness (QED) is 0.393. The highest BCUT2D eigenvalue weighted by atomic mass is 16.5. The van der Waals surface area contributed by atoms with Crippen LogP contribution in [0.5, 0.6) is 5.75 Å². The summed E-state index contributed by atoms with van der Waals surface area (Å²) in [6.45, 7) is 4.00. The SMILES string of the molecule is CCc1ccc(CCc2cc3ccc(OC)cc3n(CC(=O)Nc3ccccc3C)c2=O)cc1. The van der Waals surface area contributed by atoms with Gasteiger partial charge < -0.3 is 10.1 Å². The zero-order valence-corrected chi connectivity index (χ0v) is 19.9. The van der Waals surface area contributed by atoms with E-state index in [4.69, 9.17) is 4.74 Å². The van der Waals surface area contributed by atoms with E-state index in [2.05, 4.69) is 36.5 Å². The summed E-state index contributed by atoms with van der Waals surface area (Å²) in [4.78, 5) is 26.4. The number of nitrogens with zero attached hydrogens (tertiary/aromatic N) is 1. The van der Waals surface area contributed by atoms with E-state index in [-0.39, 0.29) is 18.0 Å². The van der Waals surface area contributed by atoms with Gasteiger partial charge in [-0.05, 0) is 72.5 Å². The number of nitrogens with one attached hydrogen (secondary N) is 1. The molecule has 34 heavy (non-hydrogen) atoms. The number of benzene rings is 3. The Balaban J connectivity index is 1.66. The van der Waals surface area contributed by atoms with Crippen LogP contribution in [0, 0.1) is 6.92 Å². The van der Waals surface area contributed by atoms with Crippen molar-refractivity contribution in [3.8, 4) is 5.75 Å². The third kappa shape index (κ3) is 5.20. The number of anilines is 1. The first-order valence-corrected chi connectivity index (χ1v) is 11.6. The number of aryl methyl sites for hydroxylation is 4. The minimum atomic E-state index is -0.243. The first-order valence-electron chi connectivity index (χ1n) is 11.6. The molecule has 174 valence electrons. The Morgan fingerprint density at radius 3 is 2.38 bits per heavy atom. The zero-order chi connectivity index (χ0) is 24.1. The molecule has 0 bridgehead atoms. The summed E-state index contributed by atoms with van der Waals surface area (Å²) < 4.78 is 6.93. The van der Waals surface area contributed by atoms with Crippen LogP contribution in [0.15, 0.2) is 77.6 Å². The standard InChI is InChI=1S/C29H30N2O3/c1-4-21-9-11-22(12-10-21)13-14-24-17-23-15-16-25(34-3)18-27(23)31(29(24)33)19-28(32)30-26-8-6-5-7-20(26)2/h5-12,15-18H,4,13-14,19H2,1-3H3,(H,30,32). The van der Waals surface area contributed by atoms with Gasteiger partial charge in [0, 0.05) is 17.3 Å². The Morgan fingerprint density at radius 2 is 1.68 bits per heavy atom. The van der Waals surface area contributed by atoms with Crippen LogP contribution in [-0.2, 0) is 30.6 Å². The maximum Gasteiger partial charge on any atom is 0.254 e. The molecule has 0 unspecified atom stereocenters. The van der Waals surface area contributed by atoms with E-state index in [1.165, 1.54) is 11.1 Å². The zero-order valence-electron chi connectivity index (χ0n) is 19.9. The lowest BCUT2D eigenvalue weighted by molar-refractivity contribution is -0.116. The molecule has 3 aromatic carbocycles. The van der Waals surface area contributed by atoms with Crippen molar-refractivity contribution in [1.29, 1.82) is 0 Å². The number of amides is 1. The number of carbonyl (C=O) groups excluding carboxylic acids is 1. The number of aromatic nitrogens is 1. The molecule has 0 saturated carbocycles. The van der Waals surface area contributed by atoms with Gasteiger partial charge in [-0.1, -0.05) is 49.4 Å². The number of ether oxygens (including phenoxy) is 1. The van der Waals surface area contributed by atoms with E-state index in [0.717, 1.165) is 29.5 Å². The average molecular weight is 455 g/mol. The largest absolute Gasteiger partial charge is 0.497 e. The lowest BCUT2D eigenvalue weighted by atomic mass is 10.0. The average Bonchev–Trinajstić information content (AvgIpc) is 2.86. The highest BCUT2D eigenvalue weighted by molar-refractivity contribution is 5.92. The molecule has 5 nitrogen and oxygen atoms in total. The Bertz CT molecular complexity index is 1370. The molecule has 1 N–H and O–H groups in total. The van der Waals surface area contributed by atoms with Crippen LogP contribution in [0.4, 0.5) is 5.69 Å². The summed E-state index contributed by atoms with van der Waals surface area (Å²) >= 11 is 0. The van der Waals surface area contributed by atoms with Gasteiger partial charge in [0.1, 0.15) is 12.3 Å². The molecule has 1 aromatic heterocycles. The molecule has 0 aliphatic heterocycles. The van der Waals surface area contributed by atoms with Crippen molar-refractivity contribution in [1.82, 2.24) is 4.57 Å². The van der Waals surface area contributed by atoms with Crippen molar-refractivity contribution in [2.45, 2.75) is 39.7 Å². The highest BCUT2D eigenvalue weighted by Crippen LogP contribution is 2.22. The third-order valence-electron chi connectivity index (χ3n) is 6.21. The van der Waals surface area contributed by atoms with Gasteiger partial charge in [0.25, 0.3) is 5.56 Å². The summed E-state index contributed by atoms with van der Waals surface area (Å²) in [6, 6.07) is 23.7. The lowest BCUT2D eigenvalue weighted by Gasteiger charge is -2.15. The van der Waals surface area contributed by atoms with Crippen LogP contribution < -0.4 is 15.6 Å². The third-order valence-corrected chi connectivity index (χ3v) is 6.21. The van der Waals surface area contributed by atoms with Crippen molar-refractivity contribution in [2.24, 2.45) is 0 Å². The van der Waals surface area contributed by atoms with Crippen molar-refractivity contribution < 1.29 is 9.53 Å². The fourth-order valence-corrected chi connectivity index (χ4v) is 4.14. The van der Waals surface area contributed by atoms with Gasteiger partial charge in [-0.15, -0.1) is 0 Å². The van der Waals surface area contributed by atoms with Gasteiger partial charge in [0.05, 0.1) is 12.6 Å². The molecule has 1 amide bonds. The van der Waals surface area contributed by atoms with Gasteiger partial charge in [-0.3, -0.25) is 14.2 Å². The van der Waals surface area contributed by atoms with E-state index in [1.807, 2.05) is 55.5 Å². The second-order valence-corrected chi connectivity index (χ2v) is 8.52. The molecule has 1 heterocycles. The van der Waals surface area contributed by atoms with Gasteiger partial charge in [0.2, 0.25) is 5.91 Å². The van der Waals surface area contributed by atoms with Gasteiger partial charge in [0.15, 0.2) is 0 Å². The smallest absolute Gasteiger partial charge is 0.254 e. The number of hydrogen-bond acceptors (Lipinski definition) is 3. The predicted octanol–water partition coefficient (Wildman–Crippen LogP) is 5.30. The van der Waals surface area contributed by atoms with E-state index in [0.29, 0.717) is 23.3 Å². The van der Waals surface area contributed by atoms with Crippen LogP contribution in [0.25, 0.3) is 10.9 Å². The Kier molecular flexibility index (Phi) is 7.12. The Labute approximate surface area is 200 Å². The molecule has 4 aromatic rings. The minimum Gasteiger partial charge on any atom is -0.497 e. The lowest BCUT2D eigenvalue weighted by Crippen LogP contribution is -2.30. The number of para-hydroxylation sites is 1. The molecular formula is C29H30N2O3. The Hall–Kier alpha value is -3.86. The van der Waals surface area contributed by atoms with Gasteiger partial charge in [-0.2, -0.15) is 0 Å². The van der Waals surface area contributed by atoms with Gasteiger partial charge >= 0.3 is 0 Å². The Morgan fingerprint density at radius 1 is 0.941 bits per heavy atom. The number of methoxy groups -OCH3 is 1. The number of carbonyl (C=O) groups is 1. The number of hydrogen-bond donors (Lipinski definition) is 1. The monoisotopic (exact) mass is 454 g/mol. The molecule has 0 atom stereocenters. The van der Waals surface area contributed by atoms with Crippen LogP contribution >= 0.6 is 0 Å². The molecule has 0 aliphatic rings. The first-order chi connectivity index (χ1) is 16.5. The van der Waals surface area contributed by atoms with Crippen LogP contribution in [0.1, 0.15) is 29.2 Å². The minimum absolute atomic E-state index is 0.0735. The van der Waals surface area contributed by atoms with Crippen LogP contribution in [-0.4, -0.2) is 17.6 Å². The summed E-state index contributed by atoms with van der Waals surface area (Å²) in [5.74, 6) is 0.400. The second kappa shape index (κ2) is 10.4. The summed E-state index contributed by atoms with van der Waals surface area (Å²) in [5, 5.41) is 3.84. The fraction of sp³-hybridized carbons (Fsp3) is 0.241. The molecule has 4 rings (SSSR count). The molecule has 0 saturated heterocycles. The fourth-order valence-electron chi connectivity index (χ4n) is 4.14.